The molecule has 1 N–H and O–H groups in total. The lowest BCUT2D eigenvalue weighted by Gasteiger charge is -2.14. The summed E-state index contributed by atoms with van der Waals surface area (Å²) in [6.07, 6.45) is 2.07. The van der Waals surface area contributed by atoms with Crippen molar-refractivity contribution in [2.24, 2.45) is 0 Å². The second kappa shape index (κ2) is 7.71. The number of hydrogen-bond donors (Lipinski definition) is 1. The van der Waals surface area contributed by atoms with Gasteiger partial charge in [0.25, 0.3) is 5.91 Å². The molecule has 3 aromatic rings. The summed E-state index contributed by atoms with van der Waals surface area (Å²) in [6, 6.07) is 13.1. The van der Waals surface area contributed by atoms with E-state index in [0.717, 1.165) is 10.6 Å². The average molecular weight is 356 g/mol. The first-order chi connectivity index (χ1) is 12.1. The number of nitrogens with one attached hydrogen (secondary N) is 1. The fraction of sp³-hybridized carbons (Fsp3) is 0.176. The first-order valence-corrected chi connectivity index (χ1v) is 8.38. The van der Waals surface area contributed by atoms with Crippen molar-refractivity contribution in [3.05, 3.63) is 65.1 Å². The fourth-order valence-electron chi connectivity index (χ4n) is 2.18. The van der Waals surface area contributed by atoms with Gasteiger partial charge in [-0.2, -0.15) is 0 Å². The topological polar surface area (TPSA) is 88.3 Å². The van der Waals surface area contributed by atoms with Gasteiger partial charge < -0.3 is 9.32 Å². The van der Waals surface area contributed by atoms with E-state index < -0.39 is 0 Å². The Balaban J connectivity index is 1.54. The van der Waals surface area contributed by atoms with Crippen LogP contribution in [0.5, 0.6) is 0 Å². The summed E-state index contributed by atoms with van der Waals surface area (Å²) in [4.78, 5) is 25.4. The molecule has 7 nitrogen and oxygen atoms in total. The lowest BCUT2D eigenvalue weighted by atomic mass is 10.2. The van der Waals surface area contributed by atoms with Crippen LogP contribution in [-0.2, 0) is 11.2 Å². The number of rotatable bonds is 6. The molecule has 0 aliphatic rings. The Bertz CT molecular complexity index is 846. The summed E-state index contributed by atoms with van der Waals surface area (Å²) in [5.74, 6) is -0.511. The highest BCUT2D eigenvalue weighted by atomic mass is 32.1. The van der Waals surface area contributed by atoms with Crippen molar-refractivity contribution in [1.29, 1.82) is 0 Å². The Labute approximate surface area is 148 Å². The molecular weight excluding hydrogens is 340 g/mol. The van der Waals surface area contributed by atoms with Crippen molar-refractivity contribution in [3.8, 4) is 0 Å². The van der Waals surface area contributed by atoms with Crippen molar-refractivity contribution >= 4 is 28.3 Å². The van der Waals surface area contributed by atoms with E-state index in [0.29, 0.717) is 11.6 Å². The molecule has 1 aromatic carbocycles. The van der Waals surface area contributed by atoms with Crippen LogP contribution in [0.4, 0.5) is 5.13 Å². The number of nitrogens with zero attached hydrogens (tertiary/aromatic N) is 3. The zero-order chi connectivity index (χ0) is 17.6. The third kappa shape index (κ3) is 4.51. The summed E-state index contributed by atoms with van der Waals surface area (Å²) in [7, 11) is 1.53. The maximum atomic E-state index is 12.1. The molecule has 0 bridgehead atoms. The van der Waals surface area contributed by atoms with Gasteiger partial charge in [0.15, 0.2) is 5.76 Å². The van der Waals surface area contributed by atoms with Gasteiger partial charge in [0.05, 0.1) is 6.26 Å². The zero-order valence-electron chi connectivity index (χ0n) is 13.5. The van der Waals surface area contributed by atoms with Gasteiger partial charge >= 0.3 is 0 Å². The Morgan fingerprint density at radius 1 is 1.16 bits per heavy atom. The lowest BCUT2D eigenvalue weighted by molar-refractivity contribution is -0.116. The van der Waals surface area contributed by atoms with Crippen LogP contribution in [0.2, 0.25) is 0 Å². The lowest BCUT2D eigenvalue weighted by Crippen LogP contribution is -2.34. The minimum atomic E-state index is -0.359. The fourth-order valence-corrected chi connectivity index (χ4v) is 2.97. The molecule has 0 radical (unpaired) electrons. The van der Waals surface area contributed by atoms with Crippen LogP contribution in [0.15, 0.2) is 53.1 Å². The summed E-state index contributed by atoms with van der Waals surface area (Å²) in [6.45, 7) is -0.104. The predicted octanol–water partition coefficient (Wildman–Crippen LogP) is 2.43. The van der Waals surface area contributed by atoms with Gasteiger partial charge in [-0.15, -0.1) is 10.2 Å². The molecular formula is C17H16N4O3S. The van der Waals surface area contributed by atoms with Crippen LogP contribution >= 0.6 is 11.3 Å². The van der Waals surface area contributed by atoms with Gasteiger partial charge in [-0.1, -0.05) is 41.7 Å². The van der Waals surface area contributed by atoms with Crippen molar-refractivity contribution in [1.82, 2.24) is 15.1 Å². The molecule has 0 saturated heterocycles. The monoisotopic (exact) mass is 356 g/mol. The molecule has 3 rings (SSSR count). The number of hydrogen-bond acceptors (Lipinski definition) is 6. The maximum Gasteiger partial charge on any atom is 0.289 e. The highest BCUT2D eigenvalue weighted by molar-refractivity contribution is 7.15. The SMILES string of the molecule is CN(CC(=O)Nc1nnc(Cc2ccccc2)s1)C(=O)c1ccco1. The summed E-state index contributed by atoms with van der Waals surface area (Å²) >= 11 is 1.31. The third-order valence-corrected chi connectivity index (χ3v) is 4.21. The number of likely N-dealkylation sites (N-methyl/N-ethyl adjacent to an activating group) is 1. The number of amides is 2. The number of benzene rings is 1. The van der Waals surface area contributed by atoms with Crippen molar-refractivity contribution in [3.63, 3.8) is 0 Å². The molecule has 0 fully saturated rings. The Morgan fingerprint density at radius 2 is 1.96 bits per heavy atom. The molecule has 2 amide bonds. The summed E-state index contributed by atoms with van der Waals surface area (Å²) in [5, 5.41) is 11.9. The van der Waals surface area contributed by atoms with E-state index in [1.165, 1.54) is 29.5 Å². The number of anilines is 1. The van der Waals surface area contributed by atoms with E-state index in [9.17, 15) is 9.59 Å². The molecule has 0 aliphatic heterocycles. The normalized spacial score (nSPS) is 10.4. The Morgan fingerprint density at radius 3 is 2.68 bits per heavy atom. The van der Waals surface area contributed by atoms with Gasteiger partial charge in [-0.3, -0.25) is 14.9 Å². The molecule has 128 valence electrons. The number of carbonyl (C=O) groups is 2. The molecule has 2 heterocycles. The highest BCUT2D eigenvalue weighted by Crippen LogP contribution is 2.18. The first kappa shape index (κ1) is 16.8. The minimum Gasteiger partial charge on any atom is -0.459 e. The van der Waals surface area contributed by atoms with E-state index in [2.05, 4.69) is 15.5 Å². The second-order valence-electron chi connectivity index (χ2n) is 5.35. The van der Waals surface area contributed by atoms with Crippen molar-refractivity contribution < 1.29 is 14.0 Å². The van der Waals surface area contributed by atoms with E-state index >= 15 is 0 Å². The highest BCUT2D eigenvalue weighted by Gasteiger charge is 2.18. The standard InChI is InChI=1S/C17H16N4O3S/c1-21(16(23)13-8-5-9-24-13)11-14(22)18-17-20-19-15(25-17)10-12-6-3-2-4-7-12/h2-9H,10-11H2,1H3,(H,18,20,22). The van der Waals surface area contributed by atoms with E-state index in [1.807, 2.05) is 30.3 Å². The number of furan rings is 1. The number of carbonyl (C=O) groups excluding carboxylic acids is 2. The molecule has 25 heavy (non-hydrogen) atoms. The predicted molar refractivity (Wildman–Crippen MR) is 93.5 cm³/mol. The van der Waals surface area contributed by atoms with Crippen LogP contribution < -0.4 is 5.32 Å². The number of aromatic nitrogens is 2. The van der Waals surface area contributed by atoms with Crippen LogP contribution in [0.3, 0.4) is 0 Å². The minimum absolute atomic E-state index is 0.104. The van der Waals surface area contributed by atoms with Gasteiger partial charge in [0.1, 0.15) is 11.6 Å². The van der Waals surface area contributed by atoms with Gasteiger partial charge in [-0.05, 0) is 17.7 Å². The average Bonchev–Trinajstić information content (AvgIpc) is 3.27. The van der Waals surface area contributed by atoms with E-state index in [-0.39, 0.29) is 24.1 Å². The van der Waals surface area contributed by atoms with Gasteiger partial charge in [-0.25, -0.2) is 0 Å². The Kier molecular flexibility index (Phi) is 5.20. The molecule has 0 saturated carbocycles. The van der Waals surface area contributed by atoms with Gasteiger partial charge in [0.2, 0.25) is 11.0 Å². The largest absolute Gasteiger partial charge is 0.459 e. The van der Waals surface area contributed by atoms with Crippen molar-refractivity contribution in [2.45, 2.75) is 6.42 Å². The summed E-state index contributed by atoms with van der Waals surface area (Å²) in [5.41, 5.74) is 1.13. The Hall–Kier alpha value is -3.00. The molecule has 0 aliphatic carbocycles. The van der Waals surface area contributed by atoms with Crippen molar-refractivity contribution in [2.75, 3.05) is 18.9 Å². The first-order valence-electron chi connectivity index (χ1n) is 7.57. The van der Waals surface area contributed by atoms with Crippen LogP contribution in [-0.4, -0.2) is 40.5 Å². The zero-order valence-corrected chi connectivity index (χ0v) is 14.3. The summed E-state index contributed by atoms with van der Waals surface area (Å²) < 4.78 is 5.03. The quantitative estimate of drug-likeness (QED) is 0.733. The van der Waals surface area contributed by atoms with E-state index in [1.54, 1.807) is 12.1 Å². The maximum absolute atomic E-state index is 12.1. The van der Waals surface area contributed by atoms with Crippen LogP contribution in [0.1, 0.15) is 21.1 Å². The second-order valence-corrected chi connectivity index (χ2v) is 6.41. The molecule has 2 aromatic heterocycles. The molecule has 0 unspecified atom stereocenters. The van der Waals surface area contributed by atoms with Crippen LogP contribution in [0, 0.1) is 0 Å². The molecule has 0 spiro atoms. The van der Waals surface area contributed by atoms with E-state index in [4.69, 9.17) is 4.42 Å². The van der Waals surface area contributed by atoms with Crippen LogP contribution in [0.25, 0.3) is 0 Å². The smallest absolute Gasteiger partial charge is 0.289 e. The molecule has 0 atom stereocenters. The molecule has 8 heteroatoms. The third-order valence-electron chi connectivity index (χ3n) is 3.37. The van der Waals surface area contributed by atoms with Gasteiger partial charge in [0, 0.05) is 13.5 Å².